The average Bonchev–Trinajstić information content (AvgIpc) is 3.03. The molecule has 5 nitrogen and oxygen atoms in total. The number of nitrogens with zero attached hydrogens (tertiary/aromatic N) is 2. The summed E-state index contributed by atoms with van der Waals surface area (Å²) < 4.78 is 0. The third-order valence-corrected chi connectivity index (χ3v) is 5.57. The molecule has 142 valence electrons. The molecule has 1 aromatic carbocycles. The van der Waals surface area contributed by atoms with Crippen LogP contribution in [0.15, 0.2) is 29.2 Å². The number of H-pyrrole nitrogens is 2. The summed E-state index contributed by atoms with van der Waals surface area (Å²) in [7, 11) is 0. The number of fused-ring (bicyclic) bond motifs is 2. The standard InChI is InChI=1S/C22H28N4O/c1-13(2)15-5-6-17-16(10-23-19(17)9-15)11-26-8-7-18-20(12-26)24-21(14(3)4)25-22(18)27/h5-6,9-10,13-14,23H,7-8,11-12H2,1-4H3,(H,24,25,27). The first kappa shape index (κ1) is 18.0. The maximum Gasteiger partial charge on any atom is 0.254 e. The van der Waals surface area contributed by atoms with Crippen LogP contribution in [0.1, 0.15) is 67.7 Å². The van der Waals surface area contributed by atoms with E-state index in [0.29, 0.717) is 5.92 Å². The van der Waals surface area contributed by atoms with Crippen LogP contribution >= 0.6 is 0 Å². The summed E-state index contributed by atoms with van der Waals surface area (Å²) in [6, 6.07) is 6.71. The molecule has 0 bridgehead atoms. The van der Waals surface area contributed by atoms with Crippen molar-refractivity contribution >= 4 is 10.9 Å². The van der Waals surface area contributed by atoms with E-state index >= 15 is 0 Å². The second-order valence-electron chi connectivity index (χ2n) is 8.27. The predicted octanol–water partition coefficient (Wildman–Crippen LogP) is 4.06. The minimum absolute atomic E-state index is 0.0386. The molecule has 0 atom stereocenters. The number of aromatic amines is 2. The zero-order valence-electron chi connectivity index (χ0n) is 16.6. The highest BCUT2D eigenvalue weighted by molar-refractivity contribution is 5.83. The van der Waals surface area contributed by atoms with Crippen molar-refractivity contribution in [2.75, 3.05) is 6.54 Å². The molecule has 0 radical (unpaired) electrons. The Morgan fingerprint density at radius 2 is 2.00 bits per heavy atom. The van der Waals surface area contributed by atoms with Crippen LogP contribution in [-0.4, -0.2) is 26.4 Å². The first-order valence-electron chi connectivity index (χ1n) is 9.86. The third kappa shape index (κ3) is 3.44. The molecular weight excluding hydrogens is 336 g/mol. The summed E-state index contributed by atoms with van der Waals surface area (Å²) in [6.45, 7) is 11.0. The van der Waals surface area contributed by atoms with Gasteiger partial charge in [0.1, 0.15) is 5.82 Å². The van der Waals surface area contributed by atoms with Gasteiger partial charge < -0.3 is 9.97 Å². The molecular formula is C22H28N4O. The zero-order valence-corrected chi connectivity index (χ0v) is 16.6. The topological polar surface area (TPSA) is 64.8 Å². The molecule has 27 heavy (non-hydrogen) atoms. The van der Waals surface area contributed by atoms with Crippen molar-refractivity contribution in [1.29, 1.82) is 0 Å². The first-order chi connectivity index (χ1) is 12.9. The minimum Gasteiger partial charge on any atom is -0.361 e. The van der Waals surface area contributed by atoms with Crippen molar-refractivity contribution in [3.05, 3.63) is 63.0 Å². The number of hydrogen-bond donors (Lipinski definition) is 2. The maximum absolute atomic E-state index is 12.4. The fraction of sp³-hybridized carbons (Fsp3) is 0.455. The Balaban J connectivity index is 1.58. The number of rotatable bonds is 4. The van der Waals surface area contributed by atoms with Gasteiger partial charge in [-0.25, -0.2) is 4.98 Å². The van der Waals surface area contributed by atoms with Gasteiger partial charge in [-0.2, -0.15) is 0 Å². The Bertz CT molecular complexity index is 1030. The monoisotopic (exact) mass is 364 g/mol. The van der Waals surface area contributed by atoms with Crippen molar-refractivity contribution in [3.8, 4) is 0 Å². The summed E-state index contributed by atoms with van der Waals surface area (Å²) in [6.07, 6.45) is 2.88. The van der Waals surface area contributed by atoms with E-state index in [1.807, 2.05) is 0 Å². The molecule has 0 unspecified atom stereocenters. The lowest BCUT2D eigenvalue weighted by Gasteiger charge is -2.27. The van der Waals surface area contributed by atoms with Gasteiger partial charge in [0.2, 0.25) is 0 Å². The van der Waals surface area contributed by atoms with Crippen LogP contribution in [-0.2, 0) is 19.5 Å². The second kappa shape index (κ2) is 6.97. The van der Waals surface area contributed by atoms with E-state index in [9.17, 15) is 4.79 Å². The van der Waals surface area contributed by atoms with E-state index in [-0.39, 0.29) is 11.5 Å². The van der Waals surface area contributed by atoms with Crippen molar-refractivity contribution in [2.45, 2.75) is 59.0 Å². The summed E-state index contributed by atoms with van der Waals surface area (Å²) >= 11 is 0. The Morgan fingerprint density at radius 3 is 2.74 bits per heavy atom. The van der Waals surface area contributed by atoms with Gasteiger partial charge >= 0.3 is 0 Å². The van der Waals surface area contributed by atoms with Crippen LogP contribution in [0, 0.1) is 0 Å². The van der Waals surface area contributed by atoms with Crippen LogP contribution < -0.4 is 5.56 Å². The van der Waals surface area contributed by atoms with E-state index < -0.39 is 0 Å². The van der Waals surface area contributed by atoms with Gasteiger partial charge in [-0.05, 0) is 29.5 Å². The summed E-state index contributed by atoms with van der Waals surface area (Å²) in [5.74, 6) is 1.54. The number of aromatic nitrogens is 3. The highest BCUT2D eigenvalue weighted by Crippen LogP contribution is 2.26. The molecule has 2 aromatic heterocycles. The second-order valence-corrected chi connectivity index (χ2v) is 8.27. The van der Waals surface area contributed by atoms with Gasteiger partial charge in [-0.1, -0.05) is 39.8 Å². The van der Waals surface area contributed by atoms with Gasteiger partial charge in [0.05, 0.1) is 5.69 Å². The Kier molecular flexibility index (Phi) is 4.64. The SMILES string of the molecule is CC(C)c1ccc2c(CN3CCc4c(nc(C(C)C)[nH]c4=O)C3)c[nH]c2c1. The lowest BCUT2D eigenvalue weighted by atomic mass is 10.0. The van der Waals surface area contributed by atoms with Crippen LogP contribution in [0.3, 0.4) is 0 Å². The average molecular weight is 364 g/mol. The van der Waals surface area contributed by atoms with Crippen molar-refractivity contribution in [1.82, 2.24) is 19.9 Å². The number of benzene rings is 1. The van der Waals surface area contributed by atoms with Gasteiger partial charge in [-0.3, -0.25) is 9.69 Å². The van der Waals surface area contributed by atoms with Gasteiger partial charge in [-0.15, -0.1) is 0 Å². The summed E-state index contributed by atoms with van der Waals surface area (Å²) in [5, 5.41) is 1.28. The van der Waals surface area contributed by atoms with E-state index in [1.165, 1.54) is 22.0 Å². The minimum atomic E-state index is 0.0386. The fourth-order valence-corrected chi connectivity index (χ4v) is 3.86. The van der Waals surface area contributed by atoms with Crippen molar-refractivity contribution in [2.24, 2.45) is 0 Å². The predicted molar refractivity (Wildman–Crippen MR) is 109 cm³/mol. The molecule has 0 amide bonds. The lowest BCUT2D eigenvalue weighted by Crippen LogP contribution is -2.35. The van der Waals surface area contributed by atoms with Crippen LogP contribution in [0.25, 0.3) is 10.9 Å². The third-order valence-electron chi connectivity index (χ3n) is 5.57. The van der Waals surface area contributed by atoms with Crippen LogP contribution in [0.4, 0.5) is 0 Å². The lowest BCUT2D eigenvalue weighted by molar-refractivity contribution is 0.240. The molecule has 0 fully saturated rings. The smallest absolute Gasteiger partial charge is 0.254 e. The zero-order chi connectivity index (χ0) is 19.1. The number of nitrogens with one attached hydrogen (secondary N) is 2. The normalized spacial score (nSPS) is 15.0. The Labute approximate surface area is 159 Å². The molecule has 3 heterocycles. The Hall–Kier alpha value is -2.40. The fourth-order valence-electron chi connectivity index (χ4n) is 3.86. The quantitative estimate of drug-likeness (QED) is 0.734. The summed E-state index contributed by atoms with van der Waals surface area (Å²) in [5.41, 5.74) is 5.69. The molecule has 0 aliphatic carbocycles. The van der Waals surface area contributed by atoms with Crippen LogP contribution in [0.5, 0.6) is 0 Å². The molecule has 5 heteroatoms. The van der Waals surface area contributed by atoms with Gasteiger partial charge in [0, 0.05) is 48.2 Å². The van der Waals surface area contributed by atoms with Gasteiger partial charge in [0.15, 0.2) is 0 Å². The van der Waals surface area contributed by atoms with Crippen LogP contribution in [0.2, 0.25) is 0 Å². The van der Waals surface area contributed by atoms with Crippen molar-refractivity contribution < 1.29 is 0 Å². The van der Waals surface area contributed by atoms with E-state index in [1.54, 1.807) is 0 Å². The van der Waals surface area contributed by atoms with E-state index in [0.717, 1.165) is 43.1 Å². The molecule has 0 spiro atoms. The van der Waals surface area contributed by atoms with Gasteiger partial charge in [0.25, 0.3) is 5.56 Å². The largest absolute Gasteiger partial charge is 0.361 e. The first-order valence-corrected chi connectivity index (χ1v) is 9.86. The molecule has 2 N–H and O–H groups in total. The maximum atomic E-state index is 12.4. The van der Waals surface area contributed by atoms with Crippen molar-refractivity contribution in [3.63, 3.8) is 0 Å². The van der Waals surface area contributed by atoms with E-state index in [2.05, 4.69) is 67.0 Å². The molecule has 4 rings (SSSR count). The summed E-state index contributed by atoms with van der Waals surface area (Å²) in [4.78, 5) is 25.9. The highest BCUT2D eigenvalue weighted by Gasteiger charge is 2.22. The molecule has 1 aliphatic rings. The number of hydrogen-bond acceptors (Lipinski definition) is 3. The highest BCUT2D eigenvalue weighted by atomic mass is 16.1. The molecule has 0 saturated heterocycles. The Morgan fingerprint density at radius 1 is 1.19 bits per heavy atom. The molecule has 1 aliphatic heterocycles. The molecule has 3 aromatic rings. The van der Waals surface area contributed by atoms with E-state index in [4.69, 9.17) is 4.98 Å². The molecule has 0 saturated carbocycles.